The molecule has 0 amide bonds. The Morgan fingerprint density at radius 1 is 1.44 bits per heavy atom. The van der Waals surface area contributed by atoms with Gasteiger partial charge in [-0.15, -0.1) is 0 Å². The smallest absolute Gasteiger partial charge is 0.396 e. The molecular formula is C12H11F3O3. The van der Waals surface area contributed by atoms with Crippen molar-refractivity contribution in [1.82, 2.24) is 0 Å². The molecule has 1 aromatic rings. The van der Waals surface area contributed by atoms with Crippen molar-refractivity contribution in [2.24, 2.45) is 0 Å². The van der Waals surface area contributed by atoms with Crippen LogP contribution in [0.15, 0.2) is 18.2 Å². The molecule has 0 fully saturated rings. The lowest BCUT2D eigenvalue weighted by Crippen LogP contribution is -2.23. The number of halogens is 3. The average molecular weight is 260 g/mol. The van der Waals surface area contributed by atoms with Gasteiger partial charge >= 0.3 is 12.1 Å². The van der Waals surface area contributed by atoms with Gasteiger partial charge in [0.25, 0.3) is 0 Å². The maximum absolute atomic E-state index is 12.8. The summed E-state index contributed by atoms with van der Waals surface area (Å²) in [7, 11) is 0. The Kier molecular flexibility index (Phi) is 3.19. The summed E-state index contributed by atoms with van der Waals surface area (Å²) in [5.41, 5.74) is 0.682. The number of rotatable bonds is 3. The van der Waals surface area contributed by atoms with Crippen LogP contribution in [0.5, 0.6) is 5.75 Å². The highest BCUT2D eigenvalue weighted by molar-refractivity contribution is 5.68. The highest BCUT2D eigenvalue weighted by atomic mass is 19.4. The van der Waals surface area contributed by atoms with E-state index in [1.54, 1.807) is 0 Å². The van der Waals surface area contributed by atoms with Crippen molar-refractivity contribution in [1.29, 1.82) is 0 Å². The average Bonchev–Trinajstić information content (AvgIpc) is 2.70. The van der Waals surface area contributed by atoms with Crippen LogP contribution in [0.3, 0.4) is 0 Å². The maximum Gasteiger partial charge on any atom is 0.396 e. The molecule has 98 valence electrons. The van der Waals surface area contributed by atoms with Crippen molar-refractivity contribution in [3.63, 3.8) is 0 Å². The van der Waals surface area contributed by atoms with Crippen LogP contribution in [0, 0.1) is 0 Å². The largest absolute Gasteiger partial charge is 0.493 e. The van der Waals surface area contributed by atoms with E-state index in [9.17, 15) is 18.0 Å². The summed E-state index contributed by atoms with van der Waals surface area (Å²) in [5, 5.41) is 8.58. The fourth-order valence-corrected chi connectivity index (χ4v) is 2.02. The second-order valence-electron chi connectivity index (χ2n) is 4.16. The number of aliphatic carboxylic acids is 1. The zero-order chi connectivity index (χ0) is 13.3. The van der Waals surface area contributed by atoms with Crippen LogP contribution in [0.25, 0.3) is 0 Å². The van der Waals surface area contributed by atoms with Crippen LogP contribution >= 0.6 is 0 Å². The molecule has 1 unspecified atom stereocenters. The van der Waals surface area contributed by atoms with E-state index in [1.807, 2.05) is 0 Å². The number of hydrogen-bond donors (Lipinski definition) is 1. The van der Waals surface area contributed by atoms with Gasteiger partial charge in [-0.2, -0.15) is 13.2 Å². The van der Waals surface area contributed by atoms with Gasteiger partial charge in [-0.25, -0.2) is 0 Å². The fourth-order valence-electron chi connectivity index (χ4n) is 2.02. The molecule has 6 heteroatoms. The molecule has 1 aromatic carbocycles. The third kappa shape index (κ3) is 2.57. The van der Waals surface area contributed by atoms with Gasteiger partial charge in [0.1, 0.15) is 5.75 Å². The minimum atomic E-state index is -4.56. The summed E-state index contributed by atoms with van der Waals surface area (Å²) >= 11 is 0. The third-order valence-electron chi connectivity index (χ3n) is 2.89. The van der Waals surface area contributed by atoms with Crippen LogP contribution in [-0.4, -0.2) is 23.9 Å². The van der Waals surface area contributed by atoms with Crippen molar-refractivity contribution in [3.05, 3.63) is 29.3 Å². The molecule has 1 aliphatic heterocycles. The van der Waals surface area contributed by atoms with Gasteiger partial charge in [-0.3, -0.25) is 4.79 Å². The van der Waals surface area contributed by atoms with Gasteiger partial charge < -0.3 is 9.84 Å². The molecule has 0 spiro atoms. The molecule has 1 aliphatic rings. The van der Waals surface area contributed by atoms with Crippen molar-refractivity contribution >= 4 is 5.97 Å². The number of carboxylic acids is 1. The van der Waals surface area contributed by atoms with Crippen LogP contribution in [0.1, 0.15) is 23.5 Å². The van der Waals surface area contributed by atoms with E-state index < -0.39 is 24.5 Å². The Bertz CT molecular complexity index is 468. The normalized spacial score (nSPS) is 15.9. The summed E-state index contributed by atoms with van der Waals surface area (Å²) in [6.07, 6.45) is -4.96. The van der Waals surface area contributed by atoms with E-state index in [4.69, 9.17) is 9.84 Å². The number of ether oxygens (including phenoxy) is 1. The topological polar surface area (TPSA) is 46.5 Å². The Morgan fingerprint density at radius 3 is 2.78 bits per heavy atom. The number of hydrogen-bond acceptors (Lipinski definition) is 2. The lowest BCUT2D eigenvalue weighted by Gasteiger charge is -2.19. The highest BCUT2D eigenvalue weighted by Crippen LogP contribution is 2.39. The van der Waals surface area contributed by atoms with Gasteiger partial charge in [0.15, 0.2) is 0 Å². The minimum Gasteiger partial charge on any atom is -0.493 e. The first kappa shape index (κ1) is 12.7. The predicted octanol–water partition coefficient (Wildman–Crippen LogP) is 2.74. The van der Waals surface area contributed by atoms with E-state index in [0.717, 1.165) is 0 Å². The number of carboxylic acid groups (broad SMARTS) is 1. The number of carbonyl (C=O) groups is 1. The quantitative estimate of drug-likeness (QED) is 0.908. The van der Waals surface area contributed by atoms with Crippen molar-refractivity contribution in [2.45, 2.75) is 24.9 Å². The molecule has 2 rings (SSSR count). The van der Waals surface area contributed by atoms with Gasteiger partial charge in [-0.1, -0.05) is 12.1 Å². The molecule has 0 saturated heterocycles. The zero-order valence-electron chi connectivity index (χ0n) is 9.33. The Hall–Kier alpha value is -1.72. The van der Waals surface area contributed by atoms with Crippen molar-refractivity contribution < 1.29 is 27.8 Å². The maximum atomic E-state index is 12.8. The second-order valence-corrected chi connectivity index (χ2v) is 4.16. The Morgan fingerprint density at radius 2 is 2.17 bits per heavy atom. The van der Waals surface area contributed by atoms with Gasteiger partial charge in [0, 0.05) is 6.42 Å². The van der Waals surface area contributed by atoms with E-state index in [1.165, 1.54) is 18.2 Å². The van der Waals surface area contributed by atoms with E-state index in [0.29, 0.717) is 24.3 Å². The summed E-state index contributed by atoms with van der Waals surface area (Å²) in [6.45, 7) is 0.453. The monoisotopic (exact) mass is 260 g/mol. The van der Waals surface area contributed by atoms with E-state index in [2.05, 4.69) is 0 Å². The Balaban J connectivity index is 2.33. The highest BCUT2D eigenvalue weighted by Gasteiger charge is 2.42. The molecule has 1 N–H and O–H groups in total. The van der Waals surface area contributed by atoms with Crippen LogP contribution in [-0.2, 0) is 11.2 Å². The standard InChI is InChI=1S/C12H11F3O3/c13-12(14,15)9(6-11(16)17)7-1-2-10-8(5-7)3-4-18-10/h1-2,5,9H,3-4,6H2,(H,16,17). The first-order chi connectivity index (χ1) is 8.38. The molecule has 1 heterocycles. The first-order valence-electron chi connectivity index (χ1n) is 5.42. The third-order valence-corrected chi connectivity index (χ3v) is 2.89. The second kappa shape index (κ2) is 4.51. The number of alkyl halides is 3. The van der Waals surface area contributed by atoms with Crippen LogP contribution in [0.4, 0.5) is 13.2 Å². The molecule has 0 aromatic heterocycles. The molecule has 0 bridgehead atoms. The van der Waals surface area contributed by atoms with Crippen molar-refractivity contribution in [2.75, 3.05) is 6.61 Å². The molecule has 1 atom stereocenters. The van der Waals surface area contributed by atoms with Gasteiger partial charge in [-0.05, 0) is 17.2 Å². The summed E-state index contributed by atoms with van der Waals surface area (Å²) in [6, 6.07) is 4.15. The summed E-state index contributed by atoms with van der Waals surface area (Å²) in [4.78, 5) is 10.5. The van der Waals surface area contributed by atoms with Crippen LogP contribution in [0.2, 0.25) is 0 Å². The van der Waals surface area contributed by atoms with Gasteiger partial charge in [0.2, 0.25) is 0 Å². The van der Waals surface area contributed by atoms with E-state index >= 15 is 0 Å². The summed E-state index contributed by atoms with van der Waals surface area (Å²) in [5.74, 6) is -2.86. The number of benzene rings is 1. The lowest BCUT2D eigenvalue weighted by atomic mass is 9.93. The first-order valence-corrected chi connectivity index (χ1v) is 5.42. The SMILES string of the molecule is O=C(O)CC(c1ccc2c(c1)CCO2)C(F)(F)F. The van der Waals surface area contributed by atoms with Gasteiger partial charge in [0.05, 0.1) is 18.9 Å². The molecule has 18 heavy (non-hydrogen) atoms. The fraction of sp³-hybridized carbons (Fsp3) is 0.417. The molecule has 0 aliphatic carbocycles. The zero-order valence-corrected chi connectivity index (χ0v) is 9.33. The van der Waals surface area contributed by atoms with Crippen LogP contribution < -0.4 is 4.74 Å². The predicted molar refractivity (Wildman–Crippen MR) is 56.7 cm³/mol. The van der Waals surface area contributed by atoms with E-state index in [-0.39, 0.29) is 5.56 Å². The van der Waals surface area contributed by atoms with Crippen molar-refractivity contribution in [3.8, 4) is 5.75 Å². The molecular weight excluding hydrogens is 249 g/mol. The molecule has 3 nitrogen and oxygen atoms in total. The number of fused-ring (bicyclic) bond motifs is 1. The summed E-state index contributed by atoms with van der Waals surface area (Å²) < 4.78 is 43.7. The molecule has 0 radical (unpaired) electrons. The minimum absolute atomic E-state index is 0.0193. The lowest BCUT2D eigenvalue weighted by molar-refractivity contribution is -0.163. The Labute approximate surface area is 101 Å². The molecule has 0 saturated carbocycles.